The molecule has 0 aliphatic carbocycles. The Morgan fingerprint density at radius 2 is 1.30 bits per heavy atom. The molecule has 4 unspecified atom stereocenters. The molecule has 0 spiro atoms. The lowest BCUT2D eigenvalue weighted by Crippen LogP contribution is -2.56. The average Bonchev–Trinajstić information content (AvgIpc) is 2.97. The van der Waals surface area contributed by atoms with Crippen LogP contribution >= 0.6 is 11.8 Å². The summed E-state index contributed by atoms with van der Waals surface area (Å²) in [6.45, 7) is 3.36. The van der Waals surface area contributed by atoms with E-state index in [1.54, 1.807) is 0 Å². The van der Waals surface area contributed by atoms with Crippen molar-refractivity contribution in [3.63, 3.8) is 0 Å². The summed E-state index contributed by atoms with van der Waals surface area (Å²) in [7, 11) is 0. The number of benzene rings is 2. The van der Waals surface area contributed by atoms with E-state index in [9.17, 15) is 24.0 Å². The van der Waals surface area contributed by atoms with Gasteiger partial charge in [-0.2, -0.15) is 11.8 Å². The summed E-state index contributed by atoms with van der Waals surface area (Å²) in [6, 6.07) is 14.8. The summed E-state index contributed by atoms with van der Waals surface area (Å²) < 4.78 is 0. The van der Waals surface area contributed by atoms with Crippen molar-refractivity contribution in [1.29, 1.82) is 0 Å². The van der Waals surface area contributed by atoms with Gasteiger partial charge in [0.05, 0.1) is 12.6 Å². The van der Waals surface area contributed by atoms with Gasteiger partial charge >= 0.3 is 0 Å². The first-order valence-corrected chi connectivity index (χ1v) is 15.7. The number of nitrogens with two attached hydrogens (primary N) is 2. The second kappa shape index (κ2) is 18.6. The van der Waals surface area contributed by atoms with Crippen LogP contribution in [0.2, 0.25) is 0 Å². The zero-order valence-electron chi connectivity index (χ0n) is 25.0. The normalized spacial score (nSPS) is 13.7. The van der Waals surface area contributed by atoms with E-state index in [0.717, 1.165) is 11.1 Å². The van der Waals surface area contributed by atoms with Crippen LogP contribution < -0.4 is 32.7 Å². The van der Waals surface area contributed by atoms with Gasteiger partial charge in [-0.25, -0.2) is 0 Å². The van der Waals surface area contributed by atoms with Gasteiger partial charge in [-0.05, 0) is 48.3 Å². The fourth-order valence-corrected chi connectivity index (χ4v) is 4.80. The zero-order chi connectivity index (χ0) is 31.8. The number of carbonyl (C=O) groups excluding carboxylic acids is 5. The number of hydrogen-bond acceptors (Lipinski definition) is 7. The summed E-state index contributed by atoms with van der Waals surface area (Å²) in [6.07, 6.45) is 3.03. The van der Waals surface area contributed by atoms with Crippen LogP contribution in [-0.2, 0) is 36.8 Å². The van der Waals surface area contributed by atoms with Crippen molar-refractivity contribution in [2.24, 2.45) is 17.4 Å². The SMILES string of the molecule is CSCCC(NC(=O)C(CC(C)C)NC(=O)CNC(=O)C(Cc1ccccc1)NC(=O)C(N)Cc1ccccc1)C(N)=O. The predicted octanol–water partition coefficient (Wildman–Crippen LogP) is 0.654. The molecule has 12 heteroatoms. The van der Waals surface area contributed by atoms with Crippen molar-refractivity contribution in [2.75, 3.05) is 18.6 Å². The number of amides is 5. The highest BCUT2D eigenvalue weighted by molar-refractivity contribution is 7.98. The maximum atomic E-state index is 13.2. The van der Waals surface area contributed by atoms with Crippen molar-refractivity contribution in [3.8, 4) is 0 Å². The first-order chi connectivity index (χ1) is 20.5. The summed E-state index contributed by atoms with van der Waals surface area (Å²) in [4.78, 5) is 63.8. The first-order valence-electron chi connectivity index (χ1n) is 14.3. The Kier molecular flexibility index (Phi) is 15.3. The second-order valence-corrected chi connectivity index (χ2v) is 11.7. The fourth-order valence-electron chi connectivity index (χ4n) is 4.33. The topological polar surface area (TPSA) is 186 Å². The molecule has 0 aromatic heterocycles. The molecule has 0 fully saturated rings. The molecule has 4 atom stereocenters. The molecule has 0 heterocycles. The molecule has 0 radical (unpaired) electrons. The van der Waals surface area contributed by atoms with E-state index < -0.39 is 60.2 Å². The third-order valence-corrected chi connectivity index (χ3v) is 7.25. The molecule has 0 aliphatic rings. The lowest BCUT2D eigenvalue weighted by atomic mass is 10.0. The average molecular weight is 613 g/mol. The minimum atomic E-state index is -0.993. The Morgan fingerprint density at radius 1 is 0.744 bits per heavy atom. The molecule has 8 N–H and O–H groups in total. The molecule has 0 saturated carbocycles. The zero-order valence-corrected chi connectivity index (χ0v) is 25.8. The lowest BCUT2D eigenvalue weighted by molar-refractivity contribution is -0.132. The van der Waals surface area contributed by atoms with E-state index in [0.29, 0.717) is 25.0 Å². The summed E-state index contributed by atoms with van der Waals surface area (Å²) >= 11 is 1.52. The highest BCUT2D eigenvalue weighted by Gasteiger charge is 2.28. The van der Waals surface area contributed by atoms with E-state index in [1.807, 2.05) is 80.8 Å². The molecule has 0 saturated heterocycles. The van der Waals surface area contributed by atoms with Crippen molar-refractivity contribution in [2.45, 2.75) is 63.7 Å². The Morgan fingerprint density at radius 3 is 1.84 bits per heavy atom. The van der Waals surface area contributed by atoms with Gasteiger partial charge in [-0.3, -0.25) is 24.0 Å². The third kappa shape index (κ3) is 13.3. The van der Waals surface area contributed by atoms with E-state index in [1.165, 1.54) is 11.8 Å². The Balaban J connectivity index is 2.05. The van der Waals surface area contributed by atoms with Gasteiger partial charge in [0.25, 0.3) is 0 Å². The molecule has 43 heavy (non-hydrogen) atoms. The van der Waals surface area contributed by atoms with E-state index in [-0.39, 0.29) is 12.3 Å². The predicted molar refractivity (Wildman–Crippen MR) is 169 cm³/mol. The smallest absolute Gasteiger partial charge is 0.243 e. The number of thioether (sulfide) groups is 1. The molecule has 5 amide bonds. The summed E-state index contributed by atoms with van der Waals surface area (Å²) in [5.41, 5.74) is 13.3. The van der Waals surface area contributed by atoms with E-state index in [4.69, 9.17) is 11.5 Å². The van der Waals surface area contributed by atoms with Gasteiger partial charge in [0.15, 0.2) is 0 Å². The number of nitrogens with one attached hydrogen (secondary N) is 4. The molecule has 2 rings (SSSR count). The van der Waals surface area contributed by atoms with Gasteiger partial charge in [-0.1, -0.05) is 74.5 Å². The largest absolute Gasteiger partial charge is 0.368 e. The highest BCUT2D eigenvalue weighted by atomic mass is 32.2. The molecular formula is C31H44N6O5S. The van der Waals surface area contributed by atoms with Crippen LogP contribution in [0.1, 0.15) is 37.8 Å². The van der Waals surface area contributed by atoms with Gasteiger partial charge in [0, 0.05) is 6.42 Å². The Bertz CT molecular complexity index is 1200. The standard InChI is InChI=1S/C31H44N6O5S/c1-20(2)16-25(31(42)36-24(28(33)39)14-15-43-3)35-27(38)19-34-30(41)26(18-22-12-8-5-9-13-22)37-29(40)23(32)17-21-10-6-4-7-11-21/h4-13,20,23-26H,14-19,32H2,1-3H3,(H2,33,39)(H,34,41)(H,35,38)(H,36,42)(H,37,40). The number of rotatable bonds is 18. The number of primary amides is 1. The number of carbonyl (C=O) groups is 5. The van der Waals surface area contributed by atoms with E-state index in [2.05, 4.69) is 21.3 Å². The van der Waals surface area contributed by atoms with Crippen molar-refractivity contribution in [3.05, 3.63) is 71.8 Å². The monoisotopic (exact) mass is 612 g/mol. The van der Waals surface area contributed by atoms with Gasteiger partial charge < -0.3 is 32.7 Å². The first kappa shape index (κ1) is 35.3. The molecule has 0 aliphatic heterocycles. The van der Waals surface area contributed by atoms with Crippen LogP contribution in [0.5, 0.6) is 0 Å². The Hall–Kier alpha value is -3.90. The fraction of sp³-hybridized carbons (Fsp3) is 0.452. The molecule has 2 aromatic carbocycles. The minimum Gasteiger partial charge on any atom is -0.368 e. The van der Waals surface area contributed by atoms with Crippen LogP contribution in [0.25, 0.3) is 0 Å². The van der Waals surface area contributed by atoms with Crippen LogP contribution in [-0.4, -0.2) is 72.3 Å². The lowest BCUT2D eigenvalue weighted by Gasteiger charge is -2.24. The Labute approximate surface area is 257 Å². The van der Waals surface area contributed by atoms with Gasteiger partial charge in [-0.15, -0.1) is 0 Å². The van der Waals surface area contributed by atoms with Gasteiger partial charge in [0.1, 0.15) is 18.1 Å². The molecular weight excluding hydrogens is 568 g/mol. The second-order valence-electron chi connectivity index (χ2n) is 10.8. The van der Waals surface area contributed by atoms with Crippen LogP contribution in [0.15, 0.2) is 60.7 Å². The molecule has 234 valence electrons. The van der Waals surface area contributed by atoms with Crippen LogP contribution in [0.4, 0.5) is 0 Å². The third-order valence-electron chi connectivity index (χ3n) is 6.60. The van der Waals surface area contributed by atoms with Crippen LogP contribution in [0, 0.1) is 5.92 Å². The van der Waals surface area contributed by atoms with Crippen LogP contribution in [0.3, 0.4) is 0 Å². The van der Waals surface area contributed by atoms with Crippen molar-refractivity contribution in [1.82, 2.24) is 21.3 Å². The summed E-state index contributed by atoms with van der Waals surface area (Å²) in [5.74, 6) is -2.18. The van der Waals surface area contributed by atoms with Crippen molar-refractivity contribution < 1.29 is 24.0 Å². The maximum absolute atomic E-state index is 13.2. The number of hydrogen-bond donors (Lipinski definition) is 6. The molecule has 0 bridgehead atoms. The maximum Gasteiger partial charge on any atom is 0.243 e. The highest BCUT2D eigenvalue weighted by Crippen LogP contribution is 2.08. The quantitative estimate of drug-likeness (QED) is 0.143. The minimum absolute atomic E-state index is 0.0504. The van der Waals surface area contributed by atoms with E-state index >= 15 is 0 Å². The van der Waals surface area contributed by atoms with Crippen molar-refractivity contribution >= 4 is 41.3 Å². The van der Waals surface area contributed by atoms with Gasteiger partial charge in [0.2, 0.25) is 29.5 Å². The summed E-state index contributed by atoms with van der Waals surface area (Å²) in [5, 5.41) is 10.6. The molecule has 2 aromatic rings. The molecule has 11 nitrogen and oxygen atoms in total.